The molecular formula is C13H19N3O2. The molecule has 18 heavy (non-hydrogen) atoms. The summed E-state index contributed by atoms with van der Waals surface area (Å²) in [5.41, 5.74) is 0.956. The summed E-state index contributed by atoms with van der Waals surface area (Å²) >= 11 is 0. The average molecular weight is 249 g/mol. The van der Waals surface area contributed by atoms with Crippen molar-refractivity contribution in [3.05, 3.63) is 23.9 Å². The molecule has 2 rings (SSSR count). The third kappa shape index (κ3) is 3.61. The maximum atomic E-state index is 11.6. The molecule has 2 amide bonds. The van der Waals surface area contributed by atoms with Crippen molar-refractivity contribution in [3.8, 4) is 5.88 Å². The third-order valence-electron chi connectivity index (χ3n) is 3.15. The van der Waals surface area contributed by atoms with Crippen LogP contribution in [0.15, 0.2) is 18.3 Å². The Kier molecular flexibility index (Phi) is 4.39. The van der Waals surface area contributed by atoms with Crippen LogP contribution in [0.1, 0.15) is 31.2 Å². The highest BCUT2D eigenvalue weighted by Gasteiger charge is 2.16. The topological polar surface area (TPSA) is 63.2 Å². The fourth-order valence-electron chi connectivity index (χ4n) is 2.13. The minimum Gasteiger partial charge on any atom is -0.481 e. The van der Waals surface area contributed by atoms with Crippen molar-refractivity contribution in [1.82, 2.24) is 15.6 Å². The third-order valence-corrected chi connectivity index (χ3v) is 3.15. The summed E-state index contributed by atoms with van der Waals surface area (Å²) in [6.07, 6.45) is 6.32. The first-order chi connectivity index (χ1) is 8.78. The molecular weight excluding hydrogens is 230 g/mol. The minimum absolute atomic E-state index is 0.0993. The van der Waals surface area contributed by atoms with E-state index >= 15 is 0 Å². The summed E-state index contributed by atoms with van der Waals surface area (Å²) in [7, 11) is 1.58. The van der Waals surface area contributed by atoms with Crippen LogP contribution in [0.4, 0.5) is 4.79 Å². The lowest BCUT2D eigenvalue weighted by Gasteiger charge is -2.12. The average Bonchev–Trinajstić information content (AvgIpc) is 2.90. The Labute approximate surface area is 107 Å². The minimum atomic E-state index is -0.0993. The molecule has 5 nitrogen and oxygen atoms in total. The molecule has 1 fully saturated rings. The van der Waals surface area contributed by atoms with Crippen LogP contribution >= 0.6 is 0 Å². The first-order valence-electron chi connectivity index (χ1n) is 6.31. The molecule has 98 valence electrons. The van der Waals surface area contributed by atoms with Crippen LogP contribution in [-0.2, 0) is 6.54 Å². The molecule has 1 aliphatic rings. The van der Waals surface area contributed by atoms with E-state index in [1.54, 1.807) is 19.4 Å². The fourth-order valence-corrected chi connectivity index (χ4v) is 2.13. The first-order valence-corrected chi connectivity index (χ1v) is 6.31. The van der Waals surface area contributed by atoms with Crippen LogP contribution in [-0.4, -0.2) is 24.2 Å². The van der Waals surface area contributed by atoms with Crippen molar-refractivity contribution in [2.24, 2.45) is 0 Å². The van der Waals surface area contributed by atoms with Gasteiger partial charge in [-0.05, 0) is 18.4 Å². The molecule has 1 heterocycles. The van der Waals surface area contributed by atoms with E-state index in [-0.39, 0.29) is 6.03 Å². The highest BCUT2D eigenvalue weighted by Crippen LogP contribution is 2.17. The van der Waals surface area contributed by atoms with Crippen molar-refractivity contribution in [1.29, 1.82) is 0 Å². The van der Waals surface area contributed by atoms with E-state index in [4.69, 9.17) is 4.74 Å². The number of hydrogen-bond acceptors (Lipinski definition) is 3. The Morgan fingerprint density at radius 3 is 2.83 bits per heavy atom. The lowest BCUT2D eigenvalue weighted by molar-refractivity contribution is 0.236. The van der Waals surface area contributed by atoms with Crippen molar-refractivity contribution < 1.29 is 9.53 Å². The molecule has 0 spiro atoms. The van der Waals surface area contributed by atoms with Gasteiger partial charge in [-0.1, -0.05) is 18.9 Å². The van der Waals surface area contributed by atoms with Gasteiger partial charge < -0.3 is 15.4 Å². The second kappa shape index (κ2) is 6.23. The van der Waals surface area contributed by atoms with Gasteiger partial charge >= 0.3 is 6.03 Å². The summed E-state index contributed by atoms with van der Waals surface area (Å²) < 4.78 is 4.97. The summed E-state index contributed by atoms with van der Waals surface area (Å²) in [5.74, 6) is 0.578. The van der Waals surface area contributed by atoms with E-state index in [2.05, 4.69) is 15.6 Å². The van der Waals surface area contributed by atoms with Gasteiger partial charge in [0.2, 0.25) is 5.88 Å². The van der Waals surface area contributed by atoms with Crippen molar-refractivity contribution >= 4 is 6.03 Å². The summed E-state index contributed by atoms with van der Waals surface area (Å²) in [4.78, 5) is 15.7. The lowest BCUT2D eigenvalue weighted by Crippen LogP contribution is -2.40. The summed E-state index contributed by atoms with van der Waals surface area (Å²) in [6, 6.07) is 3.92. The maximum Gasteiger partial charge on any atom is 0.315 e. The zero-order valence-electron chi connectivity index (χ0n) is 10.6. The first kappa shape index (κ1) is 12.7. The zero-order valence-corrected chi connectivity index (χ0v) is 10.6. The van der Waals surface area contributed by atoms with Gasteiger partial charge in [0.05, 0.1) is 7.11 Å². The molecule has 0 saturated heterocycles. The van der Waals surface area contributed by atoms with Crippen LogP contribution in [0.5, 0.6) is 5.88 Å². The number of aromatic nitrogens is 1. The predicted octanol–water partition coefficient (Wildman–Crippen LogP) is 1.83. The number of carbonyl (C=O) groups is 1. The molecule has 1 aliphatic carbocycles. The largest absolute Gasteiger partial charge is 0.481 e. The van der Waals surface area contributed by atoms with E-state index in [9.17, 15) is 4.79 Å². The monoisotopic (exact) mass is 249 g/mol. The van der Waals surface area contributed by atoms with Gasteiger partial charge in [-0.15, -0.1) is 0 Å². The van der Waals surface area contributed by atoms with Gasteiger partial charge in [0.15, 0.2) is 0 Å². The Bertz CT molecular complexity index is 386. The summed E-state index contributed by atoms with van der Waals surface area (Å²) in [6.45, 7) is 0.482. The molecule has 0 atom stereocenters. The molecule has 0 aromatic carbocycles. The SMILES string of the molecule is COc1ccc(CNC(=O)NC2CCCC2)cn1. The van der Waals surface area contributed by atoms with Crippen molar-refractivity contribution in [3.63, 3.8) is 0 Å². The van der Waals surface area contributed by atoms with E-state index in [1.165, 1.54) is 12.8 Å². The van der Waals surface area contributed by atoms with E-state index in [0.29, 0.717) is 18.5 Å². The fraction of sp³-hybridized carbons (Fsp3) is 0.538. The Morgan fingerprint density at radius 1 is 1.44 bits per heavy atom. The van der Waals surface area contributed by atoms with Crippen LogP contribution < -0.4 is 15.4 Å². The number of methoxy groups -OCH3 is 1. The van der Waals surface area contributed by atoms with E-state index < -0.39 is 0 Å². The summed E-state index contributed by atoms with van der Waals surface area (Å²) in [5, 5.41) is 5.81. The highest BCUT2D eigenvalue weighted by molar-refractivity contribution is 5.74. The van der Waals surface area contributed by atoms with Crippen LogP contribution in [0.2, 0.25) is 0 Å². The number of rotatable bonds is 4. The van der Waals surface area contributed by atoms with Crippen molar-refractivity contribution in [2.75, 3.05) is 7.11 Å². The maximum absolute atomic E-state index is 11.6. The van der Waals surface area contributed by atoms with Gasteiger partial charge in [0.25, 0.3) is 0 Å². The van der Waals surface area contributed by atoms with Gasteiger partial charge in [-0.3, -0.25) is 0 Å². The molecule has 2 N–H and O–H groups in total. The van der Waals surface area contributed by atoms with E-state index in [0.717, 1.165) is 18.4 Å². The molecule has 0 aliphatic heterocycles. The number of amides is 2. The Balaban J connectivity index is 1.74. The molecule has 0 unspecified atom stereocenters. The number of carbonyl (C=O) groups excluding carboxylic acids is 1. The molecule has 0 radical (unpaired) electrons. The zero-order chi connectivity index (χ0) is 12.8. The standard InChI is InChI=1S/C13H19N3O2/c1-18-12-7-6-10(8-14-12)9-15-13(17)16-11-4-2-3-5-11/h6-8,11H,2-5,9H2,1H3,(H2,15,16,17). The number of nitrogens with one attached hydrogen (secondary N) is 2. The smallest absolute Gasteiger partial charge is 0.315 e. The number of ether oxygens (including phenoxy) is 1. The number of nitrogens with zero attached hydrogens (tertiary/aromatic N) is 1. The molecule has 1 aromatic heterocycles. The van der Waals surface area contributed by atoms with Crippen LogP contribution in [0.25, 0.3) is 0 Å². The molecule has 1 aromatic rings. The quantitative estimate of drug-likeness (QED) is 0.855. The lowest BCUT2D eigenvalue weighted by atomic mass is 10.2. The van der Waals surface area contributed by atoms with Gasteiger partial charge in [-0.2, -0.15) is 0 Å². The number of urea groups is 1. The predicted molar refractivity (Wildman–Crippen MR) is 68.4 cm³/mol. The Morgan fingerprint density at radius 2 is 2.22 bits per heavy atom. The molecule has 0 bridgehead atoms. The molecule has 5 heteroatoms. The highest BCUT2D eigenvalue weighted by atomic mass is 16.5. The van der Waals surface area contributed by atoms with Gasteiger partial charge in [0, 0.05) is 24.8 Å². The van der Waals surface area contributed by atoms with E-state index in [1.807, 2.05) is 6.07 Å². The van der Waals surface area contributed by atoms with Gasteiger partial charge in [0.1, 0.15) is 0 Å². The second-order valence-corrected chi connectivity index (χ2v) is 4.52. The van der Waals surface area contributed by atoms with Crippen LogP contribution in [0, 0.1) is 0 Å². The van der Waals surface area contributed by atoms with Crippen LogP contribution in [0.3, 0.4) is 0 Å². The number of hydrogen-bond donors (Lipinski definition) is 2. The van der Waals surface area contributed by atoms with Crippen molar-refractivity contribution in [2.45, 2.75) is 38.3 Å². The normalized spacial score (nSPS) is 15.4. The number of pyridine rings is 1. The van der Waals surface area contributed by atoms with Gasteiger partial charge in [-0.25, -0.2) is 9.78 Å². The molecule has 1 saturated carbocycles. The second-order valence-electron chi connectivity index (χ2n) is 4.52. The Hall–Kier alpha value is -1.78.